The van der Waals surface area contributed by atoms with Crippen molar-refractivity contribution in [3.05, 3.63) is 87.5 Å². The van der Waals surface area contributed by atoms with E-state index in [2.05, 4.69) is 78.2 Å². The van der Waals surface area contributed by atoms with Gasteiger partial charge in [0.25, 0.3) is 5.56 Å². The summed E-state index contributed by atoms with van der Waals surface area (Å²) >= 11 is 0. The topological polar surface area (TPSA) is 79.7 Å². The Balaban J connectivity index is 1.77. The first-order valence-corrected chi connectivity index (χ1v) is 12.0. The predicted octanol–water partition coefficient (Wildman–Crippen LogP) is 5.12. The summed E-state index contributed by atoms with van der Waals surface area (Å²) in [6, 6.07) is 18.4. The molecule has 1 atom stereocenters. The predicted molar refractivity (Wildman–Crippen MR) is 135 cm³/mol. The summed E-state index contributed by atoms with van der Waals surface area (Å²) in [5, 5.41) is 13.9. The maximum atomic E-state index is 13.0. The van der Waals surface area contributed by atoms with E-state index in [0.717, 1.165) is 35.1 Å². The van der Waals surface area contributed by atoms with E-state index >= 15 is 0 Å². The van der Waals surface area contributed by atoms with Gasteiger partial charge in [-0.2, -0.15) is 0 Å². The number of hydrogen-bond acceptors (Lipinski definition) is 5. The Kier molecular flexibility index (Phi) is 6.93. The van der Waals surface area contributed by atoms with E-state index in [1.165, 1.54) is 11.1 Å². The lowest BCUT2D eigenvalue weighted by Crippen LogP contribution is -2.36. The third-order valence-corrected chi connectivity index (χ3v) is 6.74. The van der Waals surface area contributed by atoms with Crippen LogP contribution in [-0.2, 0) is 18.6 Å². The molecule has 4 rings (SSSR count). The molecule has 7 nitrogen and oxygen atoms in total. The fourth-order valence-electron chi connectivity index (χ4n) is 4.39. The van der Waals surface area contributed by atoms with Crippen LogP contribution in [0.1, 0.15) is 69.1 Å². The molecule has 2 heterocycles. The molecule has 178 valence electrons. The van der Waals surface area contributed by atoms with Crippen molar-refractivity contribution in [1.29, 1.82) is 0 Å². The van der Waals surface area contributed by atoms with E-state index in [4.69, 9.17) is 0 Å². The number of benzene rings is 2. The number of pyridine rings is 1. The van der Waals surface area contributed by atoms with Crippen LogP contribution in [0.2, 0.25) is 0 Å². The fourth-order valence-corrected chi connectivity index (χ4v) is 4.39. The fraction of sp³-hybridized carbons (Fsp3) is 0.407. The maximum absolute atomic E-state index is 13.0. The molecule has 0 bridgehead atoms. The molecule has 0 aliphatic rings. The third kappa shape index (κ3) is 4.94. The van der Waals surface area contributed by atoms with Crippen molar-refractivity contribution in [3.8, 4) is 0 Å². The van der Waals surface area contributed by atoms with E-state index < -0.39 is 0 Å². The molecule has 0 aliphatic carbocycles. The molecule has 0 unspecified atom stereocenters. The third-order valence-electron chi connectivity index (χ3n) is 6.74. The van der Waals surface area contributed by atoms with E-state index in [1.54, 1.807) is 0 Å². The highest BCUT2D eigenvalue weighted by Gasteiger charge is 2.31. The second-order valence-corrected chi connectivity index (χ2v) is 9.64. The molecular weight excluding hydrogens is 424 g/mol. The molecule has 0 aliphatic heterocycles. The van der Waals surface area contributed by atoms with Gasteiger partial charge in [-0.1, -0.05) is 55.8 Å². The summed E-state index contributed by atoms with van der Waals surface area (Å²) in [6.07, 6.45) is 1.72. The van der Waals surface area contributed by atoms with E-state index in [1.807, 2.05) is 41.1 Å². The number of H-pyrrole nitrogens is 1. The highest BCUT2D eigenvalue weighted by atomic mass is 16.1. The van der Waals surface area contributed by atoms with Crippen molar-refractivity contribution in [2.45, 2.75) is 72.1 Å². The van der Waals surface area contributed by atoms with Crippen LogP contribution in [0.25, 0.3) is 10.9 Å². The van der Waals surface area contributed by atoms with Crippen LogP contribution >= 0.6 is 0 Å². The van der Waals surface area contributed by atoms with Crippen LogP contribution in [0.3, 0.4) is 0 Å². The number of aromatic amines is 1. The maximum Gasteiger partial charge on any atom is 0.252 e. The first kappa shape index (κ1) is 23.8. The number of nitrogens with one attached hydrogen (secondary N) is 1. The number of rotatable bonds is 9. The molecule has 0 radical (unpaired) electrons. The molecule has 0 fully saturated rings. The van der Waals surface area contributed by atoms with Crippen LogP contribution in [0.5, 0.6) is 0 Å². The second kappa shape index (κ2) is 9.89. The highest BCUT2D eigenvalue weighted by molar-refractivity contribution is 5.79. The van der Waals surface area contributed by atoms with Crippen molar-refractivity contribution in [2.75, 3.05) is 0 Å². The monoisotopic (exact) mass is 458 g/mol. The summed E-state index contributed by atoms with van der Waals surface area (Å²) in [5.74, 6) is 0.832. The number of aryl methyl sites for hydroxylation is 1. The van der Waals surface area contributed by atoms with Gasteiger partial charge in [0.2, 0.25) is 0 Å². The molecule has 0 saturated heterocycles. The average Bonchev–Trinajstić information content (AvgIpc) is 3.31. The first-order chi connectivity index (χ1) is 16.3. The van der Waals surface area contributed by atoms with Gasteiger partial charge in [-0.05, 0) is 73.2 Å². The minimum absolute atomic E-state index is 0.0476. The van der Waals surface area contributed by atoms with E-state index in [9.17, 15) is 4.79 Å². The Hall–Kier alpha value is -3.32. The van der Waals surface area contributed by atoms with Gasteiger partial charge < -0.3 is 4.98 Å². The summed E-state index contributed by atoms with van der Waals surface area (Å²) in [5.41, 5.74) is 3.68. The average molecular weight is 459 g/mol. The summed E-state index contributed by atoms with van der Waals surface area (Å²) in [7, 11) is 0. The number of fused-ring (bicyclic) bond motifs is 1. The Morgan fingerprint density at radius 1 is 1.06 bits per heavy atom. The molecule has 4 aromatic rings. The van der Waals surface area contributed by atoms with Gasteiger partial charge in [0.05, 0.1) is 11.6 Å². The van der Waals surface area contributed by atoms with Crippen LogP contribution < -0.4 is 5.56 Å². The quantitative estimate of drug-likeness (QED) is 0.376. The minimum Gasteiger partial charge on any atom is -0.322 e. The minimum atomic E-state index is -0.206. The molecule has 1 N–H and O–H groups in total. The summed E-state index contributed by atoms with van der Waals surface area (Å²) < 4.78 is 1.95. The Morgan fingerprint density at radius 2 is 1.82 bits per heavy atom. The lowest BCUT2D eigenvalue weighted by molar-refractivity contribution is 0.150. The molecule has 0 saturated carbocycles. The zero-order valence-corrected chi connectivity index (χ0v) is 20.7. The van der Waals surface area contributed by atoms with Gasteiger partial charge in [0.1, 0.15) is 0 Å². The standard InChI is InChI=1S/C27H34N6O/c1-6-24(25-29-30-31-33(25)27(4,5)7-2)32(17-20-11-9-8-10-12-20)18-22-16-21-15-19(3)13-14-23(21)28-26(22)34/h8-16,24H,6-7,17-18H2,1-5H3,(H,28,34)/t24-/m1/s1. The Bertz CT molecular complexity index is 1310. The van der Waals surface area contributed by atoms with E-state index in [-0.39, 0.29) is 17.1 Å². The number of tetrazole rings is 1. The molecule has 34 heavy (non-hydrogen) atoms. The normalized spacial score (nSPS) is 13.0. The highest BCUT2D eigenvalue weighted by Crippen LogP contribution is 2.30. The molecule has 2 aromatic carbocycles. The number of aromatic nitrogens is 5. The van der Waals surface area contributed by atoms with E-state index in [0.29, 0.717) is 13.1 Å². The lowest BCUT2D eigenvalue weighted by atomic mass is 10.0. The molecular formula is C27H34N6O. The number of nitrogens with zero attached hydrogens (tertiary/aromatic N) is 5. The van der Waals surface area contributed by atoms with Crippen LogP contribution in [0, 0.1) is 6.92 Å². The van der Waals surface area contributed by atoms with Crippen molar-refractivity contribution in [1.82, 2.24) is 30.1 Å². The first-order valence-electron chi connectivity index (χ1n) is 12.0. The zero-order chi connectivity index (χ0) is 24.3. The van der Waals surface area contributed by atoms with Crippen LogP contribution in [-0.4, -0.2) is 30.1 Å². The van der Waals surface area contributed by atoms with Crippen molar-refractivity contribution < 1.29 is 0 Å². The molecule has 7 heteroatoms. The lowest BCUT2D eigenvalue weighted by Gasteiger charge is -2.33. The summed E-state index contributed by atoms with van der Waals surface area (Å²) in [4.78, 5) is 18.4. The van der Waals surface area contributed by atoms with Crippen LogP contribution in [0.15, 0.2) is 59.4 Å². The Morgan fingerprint density at radius 3 is 2.53 bits per heavy atom. The largest absolute Gasteiger partial charge is 0.322 e. The summed E-state index contributed by atoms with van der Waals surface area (Å²) in [6.45, 7) is 11.8. The molecule has 2 aromatic heterocycles. The van der Waals surface area contributed by atoms with Gasteiger partial charge in [-0.25, -0.2) is 4.68 Å². The SMILES string of the molecule is CC[C@H](c1nnnn1C(C)(C)CC)N(Cc1ccccc1)Cc1cc2cc(C)ccc2[nH]c1=O. The van der Waals surface area contributed by atoms with Crippen molar-refractivity contribution >= 4 is 10.9 Å². The zero-order valence-electron chi connectivity index (χ0n) is 20.7. The Labute approximate surface area is 200 Å². The van der Waals surface area contributed by atoms with Gasteiger partial charge >= 0.3 is 0 Å². The van der Waals surface area contributed by atoms with Gasteiger partial charge in [-0.3, -0.25) is 9.69 Å². The number of hydrogen-bond donors (Lipinski definition) is 1. The van der Waals surface area contributed by atoms with Crippen molar-refractivity contribution in [3.63, 3.8) is 0 Å². The van der Waals surface area contributed by atoms with Gasteiger partial charge in [0, 0.05) is 24.2 Å². The smallest absolute Gasteiger partial charge is 0.252 e. The van der Waals surface area contributed by atoms with Gasteiger partial charge in [-0.15, -0.1) is 5.10 Å². The molecule has 0 amide bonds. The second-order valence-electron chi connectivity index (χ2n) is 9.64. The van der Waals surface area contributed by atoms with Crippen LogP contribution in [0.4, 0.5) is 0 Å². The molecule has 0 spiro atoms. The van der Waals surface area contributed by atoms with Gasteiger partial charge in [0.15, 0.2) is 5.82 Å². The van der Waals surface area contributed by atoms with Crippen molar-refractivity contribution in [2.24, 2.45) is 0 Å².